The number of rotatable bonds is 3. The molecule has 7 heteroatoms. The molecule has 1 aromatic carbocycles. The number of alkyl halides is 3. The summed E-state index contributed by atoms with van der Waals surface area (Å²) in [6, 6.07) is 5.59. The van der Waals surface area contributed by atoms with E-state index < -0.39 is 11.7 Å². The van der Waals surface area contributed by atoms with Gasteiger partial charge in [-0.1, -0.05) is 15.9 Å². The molecule has 1 heterocycles. The van der Waals surface area contributed by atoms with Gasteiger partial charge in [-0.15, -0.1) is 0 Å². The predicted octanol–water partition coefficient (Wildman–Crippen LogP) is 3.81. The second kappa shape index (κ2) is 5.24. The van der Waals surface area contributed by atoms with Gasteiger partial charge in [-0.25, -0.2) is 0 Å². The minimum Gasteiger partial charge on any atom is -0.379 e. The van der Waals surface area contributed by atoms with Crippen LogP contribution >= 0.6 is 15.9 Å². The lowest BCUT2D eigenvalue weighted by atomic mass is 10.1. The molecule has 0 saturated heterocycles. The van der Waals surface area contributed by atoms with Gasteiger partial charge >= 0.3 is 6.18 Å². The summed E-state index contributed by atoms with van der Waals surface area (Å²) in [5, 5.41) is 6.76. The van der Waals surface area contributed by atoms with Gasteiger partial charge in [-0.2, -0.15) is 18.3 Å². The van der Waals surface area contributed by atoms with Crippen LogP contribution in [0.25, 0.3) is 0 Å². The van der Waals surface area contributed by atoms with Crippen LogP contribution in [0.15, 0.2) is 34.9 Å². The largest absolute Gasteiger partial charge is 0.418 e. The molecule has 0 amide bonds. The quantitative estimate of drug-likeness (QED) is 0.925. The number of aryl methyl sites for hydroxylation is 1. The first-order valence-corrected chi connectivity index (χ1v) is 6.25. The Morgan fingerprint density at radius 3 is 2.63 bits per heavy atom. The average Bonchev–Trinajstić information content (AvgIpc) is 2.70. The van der Waals surface area contributed by atoms with Crippen molar-refractivity contribution in [3.8, 4) is 0 Å². The smallest absolute Gasteiger partial charge is 0.379 e. The summed E-state index contributed by atoms with van der Waals surface area (Å²) in [5.74, 6) is 0. The Labute approximate surface area is 116 Å². The summed E-state index contributed by atoms with van der Waals surface area (Å²) >= 11 is 3.17. The van der Waals surface area contributed by atoms with Gasteiger partial charge in [0.1, 0.15) is 0 Å². The predicted molar refractivity (Wildman–Crippen MR) is 69.7 cm³/mol. The molecule has 1 N–H and O–H groups in total. The molecule has 19 heavy (non-hydrogen) atoms. The monoisotopic (exact) mass is 333 g/mol. The fourth-order valence-corrected chi connectivity index (χ4v) is 2.03. The van der Waals surface area contributed by atoms with E-state index >= 15 is 0 Å². The number of benzene rings is 1. The average molecular weight is 334 g/mol. The van der Waals surface area contributed by atoms with E-state index in [2.05, 4.69) is 26.3 Å². The lowest BCUT2D eigenvalue weighted by Crippen LogP contribution is -2.12. The highest BCUT2D eigenvalue weighted by atomic mass is 79.9. The van der Waals surface area contributed by atoms with Crippen molar-refractivity contribution in [3.05, 3.63) is 46.2 Å². The summed E-state index contributed by atoms with van der Waals surface area (Å²) in [4.78, 5) is 0. The number of aromatic nitrogens is 2. The molecule has 0 atom stereocenters. The molecule has 3 nitrogen and oxygen atoms in total. The van der Waals surface area contributed by atoms with Crippen LogP contribution in [0.2, 0.25) is 0 Å². The van der Waals surface area contributed by atoms with Gasteiger partial charge in [0, 0.05) is 23.4 Å². The molecule has 0 unspecified atom stereocenters. The molecule has 0 aliphatic heterocycles. The van der Waals surface area contributed by atoms with Crippen molar-refractivity contribution in [2.45, 2.75) is 12.7 Å². The Morgan fingerprint density at radius 2 is 2.05 bits per heavy atom. The Morgan fingerprint density at radius 1 is 1.32 bits per heavy atom. The molecule has 0 aliphatic carbocycles. The minimum absolute atomic E-state index is 0.0445. The number of halogens is 4. The number of hydrogen-bond donors (Lipinski definition) is 1. The zero-order valence-electron chi connectivity index (χ0n) is 10.0. The molecular weight excluding hydrogens is 323 g/mol. The van der Waals surface area contributed by atoms with Crippen LogP contribution in [0.3, 0.4) is 0 Å². The molecule has 0 fully saturated rings. The van der Waals surface area contributed by atoms with Crippen molar-refractivity contribution in [3.63, 3.8) is 0 Å². The molecule has 102 valence electrons. The van der Waals surface area contributed by atoms with E-state index in [1.807, 2.05) is 0 Å². The Kier molecular flexibility index (Phi) is 3.84. The van der Waals surface area contributed by atoms with E-state index in [-0.39, 0.29) is 12.2 Å². The first kappa shape index (κ1) is 13.9. The van der Waals surface area contributed by atoms with Gasteiger partial charge in [-0.05, 0) is 24.3 Å². The van der Waals surface area contributed by atoms with Gasteiger partial charge in [0.05, 0.1) is 17.8 Å². The Hall–Kier alpha value is -1.50. The van der Waals surface area contributed by atoms with Crippen LogP contribution in [0.4, 0.5) is 18.9 Å². The lowest BCUT2D eigenvalue weighted by molar-refractivity contribution is -0.137. The van der Waals surface area contributed by atoms with Crippen LogP contribution in [0.1, 0.15) is 11.3 Å². The van der Waals surface area contributed by atoms with E-state index in [9.17, 15) is 13.2 Å². The van der Waals surface area contributed by atoms with Crippen molar-refractivity contribution in [2.24, 2.45) is 7.05 Å². The third kappa shape index (κ3) is 3.28. The third-order valence-electron chi connectivity index (χ3n) is 2.67. The molecule has 1 aromatic heterocycles. The van der Waals surface area contributed by atoms with Crippen molar-refractivity contribution in [1.82, 2.24) is 9.78 Å². The molecular formula is C12H11BrF3N3. The third-order valence-corrected chi connectivity index (χ3v) is 3.16. The first-order chi connectivity index (χ1) is 8.88. The number of nitrogens with one attached hydrogen (secondary N) is 1. The number of nitrogens with zero attached hydrogens (tertiary/aromatic N) is 2. The van der Waals surface area contributed by atoms with Crippen LogP contribution in [0, 0.1) is 0 Å². The number of hydrogen-bond acceptors (Lipinski definition) is 2. The van der Waals surface area contributed by atoms with Crippen LogP contribution < -0.4 is 5.32 Å². The fourth-order valence-electron chi connectivity index (χ4n) is 1.67. The van der Waals surface area contributed by atoms with Gasteiger partial charge in [0.15, 0.2) is 0 Å². The van der Waals surface area contributed by atoms with Crippen molar-refractivity contribution < 1.29 is 13.2 Å². The second-order valence-corrected chi connectivity index (χ2v) is 4.90. The van der Waals surface area contributed by atoms with Gasteiger partial charge < -0.3 is 5.32 Å². The van der Waals surface area contributed by atoms with E-state index in [1.165, 1.54) is 12.1 Å². The summed E-state index contributed by atoms with van der Waals surface area (Å²) in [7, 11) is 1.74. The standard InChI is InChI=1S/C12H11BrF3N3/c1-19-9(4-5-18-19)7-17-11-6-8(13)2-3-10(11)12(14,15)16/h2-6,17H,7H2,1H3. The van der Waals surface area contributed by atoms with Crippen LogP contribution in [0.5, 0.6) is 0 Å². The fraction of sp³-hybridized carbons (Fsp3) is 0.250. The SMILES string of the molecule is Cn1nccc1CNc1cc(Br)ccc1C(F)(F)F. The van der Waals surface area contributed by atoms with E-state index in [1.54, 1.807) is 24.0 Å². The van der Waals surface area contributed by atoms with Crippen molar-refractivity contribution >= 4 is 21.6 Å². The zero-order chi connectivity index (χ0) is 14.0. The Balaban J connectivity index is 2.24. The summed E-state index contributed by atoms with van der Waals surface area (Å²) in [6.45, 7) is 0.274. The highest BCUT2D eigenvalue weighted by Crippen LogP contribution is 2.36. The van der Waals surface area contributed by atoms with Crippen LogP contribution in [-0.4, -0.2) is 9.78 Å². The molecule has 2 aromatic rings. The molecule has 0 saturated carbocycles. The molecule has 0 spiro atoms. The highest BCUT2D eigenvalue weighted by molar-refractivity contribution is 9.10. The Bertz CT molecular complexity index is 578. The van der Waals surface area contributed by atoms with Crippen molar-refractivity contribution in [2.75, 3.05) is 5.32 Å². The van der Waals surface area contributed by atoms with Gasteiger partial charge in [-0.3, -0.25) is 4.68 Å². The lowest BCUT2D eigenvalue weighted by Gasteiger charge is -2.15. The van der Waals surface area contributed by atoms with E-state index in [0.29, 0.717) is 4.47 Å². The maximum absolute atomic E-state index is 12.9. The van der Waals surface area contributed by atoms with E-state index in [0.717, 1.165) is 11.8 Å². The summed E-state index contributed by atoms with van der Waals surface area (Å²) in [5.41, 5.74) is 0.161. The summed E-state index contributed by atoms with van der Waals surface area (Å²) in [6.07, 6.45) is -2.78. The normalized spacial score (nSPS) is 11.6. The maximum Gasteiger partial charge on any atom is 0.418 e. The topological polar surface area (TPSA) is 29.9 Å². The maximum atomic E-state index is 12.9. The van der Waals surface area contributed by atoms with Gasteiger partial charge in [0.25, 0.3) is 0 Å². The first-order valence-electron chi connectivity index (χ1n) is 5.45. The van der Waals surface area contributed by atoms with Gasteiger partial charge in [0.2, 0.25) is 0 Å². The minimum atomic E-state index is -4.38. The second-order valence-electron chi connectivity index (χ2n) is 3.99. The molecule has 2 rings (SSSR count). The van der Waals surface area contributed by atoms with Crippen LogP contribution in [-0.2, 0) is 19.8 Å². The zero-order valence-corrected chi connectivity index (χ0v) is 11.6. The number of anilines is 1. The molecule has 0 aliphatic rings. The van der Waals surface area contributed by atoms with Crippen molar-refractivity contribution in [1.29, 1.82) is 0 Å². The van der Waals surface area contributed by atoms with E-state index in [4.69, 9.17) is 0 Å². The highest BCUT2D eigenvalue weighted by Gasteiger charge is 2.33. The molecule has 0 bridgehead atoms. The summed E-state index contributed by atoms with van der Waals surface area (Å²) < 4.78 is 40.8. The molecule has 0 radical (unpaired) electrons.